The molecule has 0 saturated heterocycles. The van der Waals surface area contributed by atoms with Crippen molar-refractivity contribution >= 4 is 23.1 Å². The van der Waals surface area contributed by atoms with E-state index in [1.165, 1.54) is 0 Å². The van der Waals surface area contributed by atoms with Gasteiger partial charge in [-0.2, -0.15) is 0 Å². The number of nitrogens with zero attached hydrogens (tertiary/aromatic N) is 2. The van der Waals surface area contributed by atoms with Gasteiger partial charge < -0.3 is 15.8 Å². The lowest BCUT2D eigenvalue weighted by Gasteiger charge is -2.30. The van der Waals surface area contributed by atoms with E-state index in [0.29, 0.717) is 22.5 Å². The van der Waals surface area contributed by atoms with Gasteiger partial charge >= 0.3 is 0 Å². The summed E-state index contributed by atoms with van der Waals surface area (Å²) in [6.45, 7) is 6.48. The smallest absolute Gasteiger partial charge is 0.170 e. The lowest BCUT2D eigenvalue weighted by Crippen LogP contribution is -2.33. The van der Waals surface area contributed by atoms with E-state index in [2.05, 4.69) is 30.8 Å². The Labute approximate surface area is 113 Å². The highest BCUT2D eigenvalue weighted by Gasteiger charge is 2.16. The first-order chi connectivity index (χ1) is 8.38. The summed E-state index contributed by atoms with van der Waals surface area (Å²) in [5, 5.41) is 12.2. The molecular weight excluding hydrogens is 250 g/mol. The fourth-order valence-electron chi connectivity index (χ4n) is 1.68. The molecule has 4 nitrogen and oxygen atoms in total. The molecule has 100 valence electrons. The molecule has 0 radical (unpaired) electrons. The van der Waals surface area contributed by atoms with Crippen LogP contribution in [0.5, 0.6) is 0 Å². The number of hydrogen-bond donors (Lipinski definition) is 2. The fourth-order valence-corrected chi connectivity index (χ4v) is 1.99. The number of anilines is 1. The molecule has 0 aliphatic carbocycles. The summed E-state index contributed by atoms with van der Waals surface area (Å²) >= 11 is 6.24. The summed E-state index contributed by atoms with van der Waals surface area (Å²) in [6, 6.07) is 5.75. The predicted molar refractivity (Wildman–Crippen MR) is 76.7 cm³/mol. The Morgan fingerprint density at radius 3 is 2.44 bits per heavy atom. The lowest BCUT2D eigenvalue weighted by molar-refractivity contribution is 0.318. The van der Waals surface area contributed by atoms with Crippen LogP contribution in [0.1, 0.15) is 26.3 Å². The first kappa shape index (κ1) is 14.6. The van der Waals surface area contributed by atoms with Crippen molar-refractivity contribution in [2.75, 3.05) is 11.9 Å². The minimum atomic E-state index is 0.0583. The highest BCUT2D eigenvalue weighted by atomic mass is 35.5. The van der Waals surface area contributed by atoms with Gasteiger partial charge in [0.25, 0.3) is 0 Å². The van der Waals surface area contributed by atoms with Crippen molar-refractivity contribution in [3.05, 3.63) is 28.8 Å². The Morgan fingerprint density at radius 2 is 2.00 bits per heavy atom. The number of rotatable bonds is 4. The predicted octanol–water partition coefficient (Wildman–Crippen LogP) is 2.92. The highest BCUT2D eigenvalue weighted by molar-refractivity contribution is 6.33. The van der Waals surface area contributed by atoms with E-state index in [9.17, 15) is 0 Å². The molecule has 0 bridgehead atoms. The van der Waals surface area contributed by atoms with E-state index in [1.807, 2.05) is 13.1 Å². The summed E-state index contributed by atoms with van der Waals surface area (Å²) in [5.41, 5.74) is 7.07. The first-order valence-electron chi connectivity index (χ1n) is 5.88. The van der Waals surface area contributed by atoms with Gasteiger partial charge in [-0.3, -0.25) is 0 Å². The van der Waals surface area contributed by atoms with Crippen molar-refractivity contribution in [2.45, 2.75) is 26.8 Å². The Kier molecular flexibility index (Phi) is 4.84. The lowest BCUT2D eigenvalue weighted by atomic mass is 10.0. The summed E-state index contributed by atoms with van der Waals surface area (Å²) in [4.78, 5) is 2.13. The Morgan fingerprint density at radius 1 is 1.39 bits per heavy atom. The van der Waals surface area contributed by atoms with Crippen LogP contribution in [0.3, 0.4) is 0 Å². The van der Waals surface area contributed by atoms with Crippen LogP contribution in [0.2, 0.25) is 5.02 Å². The maximum absolute atomic E-state index is 8.63. The Bertz CT molecular complexity index is 446. The first-order valence-corrected chi connectivity index (χ1v) is 6.26. The normalized spacial score (nSPS) is 13.8. The molecule has 0 amide bonds. The van der Waals surface area contributed by atoms with Crippen LogP contribution in [0, 0.1) is 5.92 Å². The second-order valence-electron chi connectivity index (χ2n) is 4.75. The molecule has 0 aliphatic heterocycles. The maximum Gasteiger partial charge on any atom is 0.170 e. The van der Waals surface area contributed by atoms with Gasteiger partial charge in [-0.15, -0.1) is 0 Å². The van der Waals surface area contributed by atoms with Crippen LogP contribution in [-0.4, -0.2) is 24.1 Å². The van der Waals surface area contributed by atoms with Crippen molar-refractivity contribution in [1.29, 1.82) is 0 Å². The van der Waals surface area contributed by atoms with E-state index in [1.54, 1.807) is 12.1 Å². The topological polar surface area (TPSA) is 61.8 Å². The molecule has 0 fully saturated rings. The van der Waals surface area contributed by atoms with Crippen molar-refractivity contribution in [2.24, 2.45) is 16.8 Å². The van der Waals surface area contributed by atoms with Crippen molar-refractivity contribution in [3.63, 3.8) is 0 Å². The number of halogens is 1. The molecule has 1 aromatic rings. The highest BCUT2D eigenvalue weighted by Crippen LogP contribution is 2.28. The molecule has 3 N–H and O–H groups in total. The number of benzene rings is 1. The molecule has 0 aliphatic rings. The maximum atomic E-state index is 8.63. The molecule has 0 heterocycles. The van der Waals surface area contributed by atoms with Gasteiger partial charge in [0.05, 0.1) is 10.7 Å². The Balaban J connectivity index is 3.06. The van der Waals surface area contributed by atoms with Gasteiger partial charge in [-0.25, -0.2) is 0 Å². The number of oxime groups is 1. The molecule has 18 heavy (non-hydrogen) atoms. The zero-order chi connectivity index (χ0) is 13.9. The average molecular weight is 270 g/mol. The van der Waals surface area contributed by atoms with E-state index in [-0.39, 0.29) is 5.84 Å². The summed E-state index contributed by atoms with van der Waals surface area (Å²) in [6.07, 6.45) is 0. The third-order valence-electron chi connectivity index (χ3n) is 3.31. The van der Waals surface area contributed by atoms with Crippen LogP contribution in [0.25, 0.3) is 0 Å². The fraction of sp³-hybridized carbons (Fsp3) is 0.462. The van der Waals surface area contributed by atoms with Crippen molar-refractivity contribution < 1.29 is 5.21 Å². The molecule has 1 aromatic carbocycles. The van der Waals surface area contributed by atoms with E-state index >= 15 is 0 Å². The zero-order valence-corrected chi connectivity index (χ0v) is 11.9. The monoisotopic (exact) mass is 269 g/mol. The zero-order valence-electron chi connectivity index (χ0n) is 11.2. The van der Waals surface area contributed by atoms with Gasteiger partial charge in [0, 0.05) is 18.7 Å². The largest absolute Gasteiger partial charge is 0.409 e. The number of nitrogens with two attached hydrogens (primary N) is 1. The van der Waals surface area contributed by atoms with Crippen molar-refractivity contribution in [1.82, 2.24) is 0 Å². The molecule has 0 saturated carbocycles. The average Bonchev–Trinajstić information content (AvgIpc) is 2.35. The van der Waals surface area contributed by atoms with Crippen LogP contribution in [-0.2, 0) is 0 Å². The van der Waals surface area contributed by atoms with Gasteiger partial charge in [0.2, 0.25) is 0 Å². The number of hydrogen-bond acceptors (Lipinski definition) is 3. The third kappa shape index (κ3) is 3.07. The SMILES string of the molecule is CC(C)C(C)N(C)c1ccc(C(N)=NO)cc1Cl. The minimum absolute atomic E-state index is 0.0583. The van der Waals surface area contributed by atoms with Crippen LogP contribution in [0.4, 0.5) is 5.69 Å². The quantitative estimate of drug-likeness (QED) is 0.382. The van der Waals surface area contributed by atoms with Gasteiger partial charge in [0.1, 0.15) is 0 Å². The summed E-state index contributed by atoms with van der Waals surface area (Å²) < 4.78 is 0. The van der Waals surface area contributed by atoms with Gasteiger partial charge in [-0.1, -0.05) is 30.6 Å². The molecule has 5 heteroatoms. The van der Waals surface area contributed by atoms with E-state index < -0.39 is 0 Å². The molecule has 1 atom stereocenters. The van der Waals surface area contributed by atoms with Crippen LogP contribution >= 0.6 is 11.6 Å². The third-order valence-corrected chi connectivity index (χ3v) is 3.61. The van der Waals surface area contributed by atoms with E-state index in [4.69, 9.17) is 22.5 Å². The molecule has 1 unspecified atom stereocenters. The van der Waals surface area contributed by atoms with Crippen LogP contribution < -0.4 is 10.6 Å². The van der Waals surface area contributed by atoms with E-state index in [0.717, 1.165) is 5.69 Å². The second kappa shape index (κ2) is 5.96. The second-order valence-corrected chi connectivity index (χ2v) is 5.15. The standard InChI is InChI=1S/C13H20ClN3O/c1-8(2)9(3)17(4)12-6-5-10(7-11(12)14)13(15)16-18/h5-9,18H,1-4H3,(H2,15,16). The molecule has 0 spiro atoms. The van der Waals surface area contributed by atoms with Gasteiger partial charge in [0.15, 0.2) is 5.84 Å². The molecular formula is C13H20ClN3O. The number of amidine groups is 1. The van der Waals surface area contributed by atoms with Crippen molar-refractivity contribution in [3.8, 4) is 0 Å². The summed E-state index contributed by atoms with van der Waals surface area (Å²) in [5.74, 6) is 0.581. The Hall–Kier alpha value is -1.42. The van der Waals surface area contributed by atoms with Crippen LogP contribution in [0.15, 0.2) is 23.4 Å². The molecule has 1 rings (SSSR count). The van der Waals surface area contributed by atoms with Gasteiger partial charge in [-0.05, 0) is 31.0 Å². The minimum Gasteiger partial charge on any atom is -0.409 e. The summed E-state index contributed by atoms with van der Waals surface area (Å²) in [7, 11) is 2.01. The molecule has 0 aromatic heterocycles.